The molecule has 3 unspecified atom stereocenters. The lowest BCUT2D eigenvalue weighted by Gasteiger charge is -2.38. The average Bonchev–Trinajstić information content (AvgIpc) is 1.53. The van der Waals surface area contributed by atoms with E-state index in [0.29, 0.717) is 71.0 Å². The van der Waals surface area contributed by atoms with Gasteiger partial charge in [0.15, 0.2) is 0 Å². The standard InChI is InChI=1S/C35H49N5O5.C35H48N4O6.C34H50N6O6/c1-8-10-16-25(29(41)31(43)36-17-11-9-2)37-30(42)28-26-24(35(26,6)7)20-40(28)32(44)27(38-33(45)39-34(3,4)5)23-18-21-14-12-13-15-22(21)19-23;1-6-11-25(30(40)32(42)36-16-7-2)37-31(41)29-27-24(35(27,4)5)19-39(29)33(43)28(23-17-21-13-8-9-14-22(21)18-23)38-34(44)45-26-15-10-12-20(26)3;1-10-14-22(26(42)29(44)36-18-23(41)35-17-20-15-12-11-13-16-20)37-28(43)25-24-21(34(24,8)9)19-40(25)30(45)27(32(2,3)4)38-31(46)39-33(5,6)7/h8-9,12-15,23-28H,1-2,10-11,16-20H2,3-7H3,(H,36,43)(H,37,42)(H2,38,39,45);7-9,13-14,20,23-29H,2,6,10-12,15-19H2,1,3-5H3,(H,36,42)(H,37,41)(H,38,44);10-13,15-16,21-22,24-25,27H,1,14,17-19H2,2-9H3,(H,35,41)(H,36,44)(H,37,43)(H2,38,39,46)/t24-,25?,26-,27-,28-;20-,24-,25?,26-,27-,28-,29-;21-,22?,24-,25-,27+/m000/s1. The lowest BCUT2D eigenvalue weighted by molar-refractivity contribution is -0.145. The molecule has 9 aliphatic rings. The minimum atomic E-state index is -1.25. The minimum Gasteiger partial charge on any atom is -0.446 e. The van der Waals surface area contributed by atoms with E-state index in [-0.39, 0.29) is 120 Å². The zero-order chi connectivity index (χ0) is 100. The van der Waals surface area contributed by atoms with Crippen LogP contribution < -0.4 is 63.8 Å². The molecule has 12 N–H and O–H groups in total. The number of nitrogens with one attached hydrogen (secondary N) is 12. The van der Waals surface area contributed by atoms with Gasteiger partial charge >= 0.3 is 18.2 Å². The van der Waals surface area contributed by atoms with E-state index in [1.165, 1.54) is 17.1 Å². The Kier molecular flexibility index (Phi) is 34.8. The number of piperidine rings is 3. The second-order valence-corrected chi connectivity index (χ2v) is 43.2. The summed E-state index contributed by atoms with van der Waals surface area (Å²) >= 11 is 0. The van der Waals surface area contributed by atoms with Crippen molar-refractivity contribution >= 4 is 94.6 Å². The smallest absolute Gasteiger partial charge is 0.408 e. The van der Waals surface area contributed by atoms with Crippen molar-refractivity contribution in [3.8, 4) is 0 Å². The molecule has 32 nitrogen and oxygen atoms in total. The number of nitrogens with zero attached hydrogens (tertiary/aromatic N) is 3. The highest BCUT2D eigenvalue weighted by Crippen LogP contribution is 2.67. The number of amides is 15. The number of alkyl carbamates (subject to hydrolysis) is 1. The second kappa shape index (κ2) is 44.5. The largest absolute Gasteiger partial charge is 0.446 e. The Morgan fingerprint density at radius 2 is 0.875 bits per heavy atom. The summed E-state index contributed by atoms with van der Waals surface area (Å²) in [6.07, 6.45) is 12.7. The molecular weight excluding hydrogens is 1730 g/mol. The van der Waals surface area contributed by atoms with E-state index in [0.717, 1.165) is 47.1 Å². The molecule has 3 aromatic carbocycles. The number of urea groups is 2. The van der Waals surface area contributed by atoms with Crippen LogP contribution in [0, 0.1) is 74.9 Å². The first kappa shape index (κ1) is 106. The highest BCUT2D eigenvalue weighted by molar-refractivity contribution is 6.39. The van der Waals surface area contributed by atoms with Crippen LogP contribution in [0.25, 0.3) is 0 Å². The van der Waals surface area contributed by atoms with E-state index >= 15 is 0 Å². The molecular formula is C104H147N15O17. The Morgan fingerprint density at radius 3 is 1.29 bits per heavy atom. The van der Waals surface area contributed by atoms with E-state index in [9.17, 15) is 76.7 Å². The topological polar surface area (TPSA) is 436 Å². The molecule has 740 valence electrons. The van der Waals surface area contributed by atoms with Crippen LogP contribution in [0.15, 0.2) is 129 Å². The summed E-state index contributed by atoms with van der Waals surface area (Å²) in [7, 11) is 0. The van der Waals surface area contributed by atoms with Crippen molar-refractivity contribution in [3.63, 3.8) is 0 Å². The van der Waals surface area contributed by atoms with Crippen molar-refractivity contribution < 1.29 is 81.4 Å². The maximum atomic E-state index is 14.5. The Morgan fingerprint density at radius 1 is 0.463 bits per heavy atom. The number of hydrogen-bond donors (Lipinski definition) is 12. The van der Waals surface area contributed by atoms with Crippen LogP contribution in [0.3, 0.4) is 0 Å². The van der Waals surface area contributed by atoms with E-state index in [4.69, 9.17) is 4.74 Å². The van der Waals surface area contributed by atoms with Crippen molar-refractivity contribution in [1.29, 1.82) is 0 Å². The van der Waals surface area contributed by atoms with Gasteiger partial charge in [-0.3, -0.25) is 62.3 Å². The molecule has 3 heterocycles. The number of rotatable bonds is 37. The third-order valence-corrected chi connectivity index (χ3v) is 28.9. The van der Waals surface area contributed by atoms with Crippen molar-refractivity contribution in [3.05, 3.63) is 157 Å². The molecule has 0 spiro atoms. The summed E-state index contributed by atoms with van der Waals surface area (Å²) in [5.41, 5.74) is 3.21. The van der Waals surface area contributed by atoms with E-state index in [1.807, 2.05) is 150 Å². The number of Topliss-reactive ketones (excluding diaryl/α,β-unsaturated/α-hetero) is 3. The van der Waals surface area contributed by atoms with Crippen LogP contribution in [0.4, 0.5) is 14.4 Å². The van der Waals surface area contributed by atoms with Gasteiger partial charge in [-0.25, -0.2) is 14.4 Å². The van der Waals surface area contributed by atoms with Crippen LogP contribution in [0.1, 0.15) is 203 Å². The average molecular weight is 1880 g/mol. The molecule has 0 aromatic heterocycles. The number of carbonyl (C=O) groups is 16. The Balaban J connectivity index is 0.000000211. The molecule has 3 aliphatic heterocycles. The Hall–Kier alpha value is -11.9. The van der Waals surface area contributed by atoms with Gasteiger partial charge in [0.05, 0.1) is 18.6 Å². The van der Waals surface area contributed by atoms with Gasteiger partial charge < -0.3 is 83.2 Å². The fourth-order valence-electron chi connectivity index (χ4n) is 21.1. The van der Waals surface area contributed by atoms with Gasteiger partial charge in [0.25, 0.3) is 17.7 Å². The van der Waals surface area contributed by atoms with Crippen molar-refractivity contribution in [2.75, 3.05) is 39.3 Å². The first-order valence-electron chi connectivity index (χ1n) is 48.3. The third kappa shape index (κ3) is 25.9. The highest BCUT2D eigenvalue weighted by Gasteiger charge is 2.73. The van der Waals surface area contributed by atoms with Gasteiger partial charge in [-0.1, -0.05) is 186 Å². The van der Waals surface area contributed by atoms with E-state index < -0.39 is 160 Å². The van der Waals surface area contributed by atoms with E-state index in [1.54, 1.807) is 22.0 Å². The lowest BCUT2D eigenvalue weighted by atomic mass is 9.85. The number of benzene rings is 3. The summed E-state index contributed by atoms with van der Waals surface area (Å²) in [5.74, 6) is -8.14. The third-order valence-electron chi connectivity index (χ3n) is 28.9. The molecule has 15 amide bonds. The van der Waals surface area contributed by atoms with Gasteiger partial charge in [-0.15, -0.1) is 26.3 Å². The van der Waals surface area contributed by atoms with Crippen molar-refractivity contribution in [2.45, 2.75) is 279 Å². The monoisotopic (exact) mass is 1880 g/mol. The predicted octanol–water partition coefficient (Wildman–Crippen LogP) is 8.43. The number of carbonyl (C=O) groups excluding carboxylic acids is 16. The van der Waals surface area contributed by atoms with Crippen LogP contribution in [-0.2, 0) is 99.3 Å². The number of fused-ring (bicyclic) bond motifs is 5. The van der Waals surface area contributed by atoms with Crippen LogP contribution in [0.5, 0.6) is 0 Å². The molecule has 0 bridgehead atoms. The molecule has 136 heavy (non-hydrogen) atoms. The van der Waals surface area contributed by atoms with Crippen LogP contribution >= 0.6 is 0 Å². The quantitative estimate of drug-likeness (QED) is 0.0146. The normalized spacial score (nSPS) is 23.7. The van der Waals surface area contributed by atoms with Crippen LogP contribution in [-0.4, -0.2) is 220 Å². The van der Waals surface area contributed by atoms with Gasteiger partial charge in [0, 0.05) is 50.3 Å². The van der Waals surface area contributed by atoms with E-state index in [2.05, 4.69) is 137 Å². The number of hydrogen-bond acceptors (Lipinski definition) is 17. The summed E-state index contributed by atoms with van der Waals surface area (Å²) in [4.78, 5) is 218. The highest BCUT2D eigenvalue weighted by atomic mass is 16.6. The maximum absolute atomic E-state index is 14.5. The number of allylic oxidation sites excluding steroid dienone is 1. The first-order chi connectivity index (χ1) is 63.9. The molecule has 4 saturated carbocycles. The molecule has 32 heteroatoms. The zero-order valence-corrected chi connectivity index (χ0v) is 82.5. The summed E-state index contributed by atoms with van der Waals surface area (Å²) < 4.78 is 5.82. The van der Waals surface area contributed by atoms with Gasteiger partial charge in [0.2, 0.25) is 58.7 Å². The predicted molar refractivity (Wildman–Crippen MR) is 516 cm³/mol. The molecule has 6 aliphatic carbocycles. The van der Waals surface area contributed by atoms with Crippen LogP contribution in [0.2, 0.25) is 0 Å². The summed E-state index contributed by atoms with van der Waals surface area (Å²) in [6, 6.07) is 15.8. The summed E-state index contributed by atoms with van der Waals surface area (Å²) in [6.45, 7) is 48.8. The van der Waals surface area contributed by atoms with Crippen molar-refractivity contribution in [1.82, 2.24) is 78.5 Å². The van der Waals surface area contributed by atoms with Gasteiger partial charge in [-0.2, -0.15) is 0 Å². The van der Waals surface area contributed by atoms with Gasteiger partial charge in [0.1, 0.15) is 48.4 Å². The molecule has 0 radical (unpaired) electrons. The minimum absolute atomic E-state index is 0.0322. The first-order valence-corrected chi connectivity index (χ1v) is 48.3. The lowest BCUT2D eigenvalue weighted by Crippen LogP contribution is -2.62. The fourth-order valence-corrected chi connectivity index (χ4v) is 21.1. The molecule has 17 atom stereocenters. The van der Waals surface area contributed by atoms with Gasteiger partial charge in [-0.05, 0) is 221 Å². The molecule has 3 aromatic rings. The fraction of sp³-hybridized carbons (Fsp3) is 0.596. The number of likely N-dealkylation sites (tertiary alicyclic amines) is 3. The number of ketones is 3. The number of ether oxygens (including phenoxy) is 1. The SMILES string of the molecule is C=CCC(NC(=O)[C@@H]1[C@@H]2[C@H](CN1C(=O)[C@@H](NC(=O)NC(C)(C)C)C(C)(C)C)C2(C)C)C(=O)C(=O)NCC(=O)NCc1ccccc1.C=CCCNC(=O)C(=O)C(CCC=C)NC(=O)[C@@H]1[C@@H]2[C@H](CN1C(=O)[C@@H](NC(=O)NC(C)(C)C)C1Cc3ccccc3C1)C2(C)C.C=CCNC(=O)C(=O)C(CCC)NC(=O)[C@@H]1[C@@H]2[C@H](CN1C(=O)[C@@H](NC(=O)O[C@H]1CCC[C@@H]1C)C1Cc3ccccc3C1)C2(C)C. The maximum Gasteiger partial charge on any atom is 0.408 e. The second-order valence-electron chi connectivity index (χ2n) is 43.2. The molecule has 12 rings (SSSR count). The Labute approximate surface area is 801 Å². The summed E-state index contributed by atoms with van der Waals surface area (Å²) in [5, 5.41) is 32.9. The molecule has 7 fully saturated rings. The Bertz CT molecular complexity index is 4950. The molecule has 3 saturated heterocycles. The van der Waals surface area contributed by atoms with Crippen molar-refractivity contribution in [2.24, 2.45) is 74.9 Å². The zero-order valence-electron chi connectivity index (χ0n) is 82.5.